The van der Waals surface area contributed by atoms with Gasteiger partial charge in [0.2, 0.25) is 5.91 Å². The molecule has 1 atom stereocenters. The van der Waals surface area contributed by atoms with E-state index in [-0.39, 0.29) is 19.0 Å². The van der Waals surface area contributed by atoms with Crippen LogP contribution in [0.2, 0.25) is 0 Å². The average molecular weight is 216 g/mol. The minimum absolute atomic E-state index is 0.253. The van der Waals surface area contributed by atoms with E-state index in [0.29, 0.717) is 0 Å². The molecule has 0 bridgehead atoms. The molecule has 0 aromatic heterocycles. The molecule has 6 nitrogen and oxygen atoms in total. The zero-order chi connectivity index (χ0) is 11.5. The first kappa shape index (κ1) is 11.9. The fraction of sp³-hybridized carbons (Fsp3) is 0.778. The summed E-state index contributed by atoms with van der Waals surface area (Å²) < 4.78 is 0. The molecular formula is C9H16N2O4. The fourth-order valence-electron chi connectivity index (χ4n) is 1.59. The molecule has 0 radical (unpaired) electrons. The van der Waals surface area contributed by atoms with Gasteiger partial charge in [0, 0.05) is 6.54 Å². The summed E-state index contributed by atoms with van der Waals surface area (Å²) in [6, 6.07) is 0. The number of aliphatic hydroxyl groups excluding tert-OH is 1. The quantitative estimate of drug-likeness (QED) is 0.455. The van der Waals surface area contributed by atoms with Gasteiger partial charge < -0.3 is 21.3 Å². The molecule has 15 heavy (non-hydrogen) atoms. The van der Waals surface area contributed by atoms with Gasteiger partial charge in [-0.2, -0.15) is 0 Å². The molecule has 0 aromatic carbocycles. The van der Waals surface area contributed by atoms with Gasteiger partial charge in [0.05, 0.1) is 12.0 Å². The van der Waals surface area contributed by atoms with Gasteiger partial charge in [-0.1, -0.05) is 6.42 Å². The van der Waals surface area contributed by atoms with Crippen molar-refractivity contribution in [1.29, 1.82) is 0 Å². The summed E-state index contributed by atoms with van der Waals surface area (Å²) in [4.78, 5) is 21.9. The van der Waals surface area contributed by atoms with Crippen LogP contribution in [0.5, 0.6) is 0 Å². The minimum atomic E-state index is -1.55. The van der Waals surface area contributed by atoms with Crippen molar-refractivity contribution in [2.24, 2.45) is 11.1 Å². The summed E-state index contributed by atoms with van der Waals surface area (Å²) in [5, 5.41) is 19.8. The lowest BCUT2D eigenvalue weighted by Crippen LogP contribution is -2.52. The number of aliphatic hydroxyl groups is 1. The Morgan fingerprint density at radius 1 is 1.47 bits per heavy atom. The van der Waals surface area contributed by atoms with Gasteiger partial charge in [0.15, 0.2) is 6.10 Å². The molecule has 0 heterocycles. The van der Waals surface area contributed by atoms with E-state index in [0.717, 1.165) is 19.3 Å². The smallest absolute Gasteiger partial charge is 0.334 e. The number of hydrogen-bond donors (Lipinski definition) is 4. The van der Waals surface area contributed by atoms with Crippen LogP contribution in [0, 0.1) is 5.41 Å². The normalized spacial score (nSPS) is 20.1. The van der Waals surface area contributed by atoms with Gasteiger partial charge in [-0.15, -0.1) is 0 Å². The monoisotopic (exact) mass is 216 g/mol. The second-order valence-electron chi connectivity index (χ2n) is 3.90. The summed E-state index contributed by atoms with van der Waals surface area (Å²) in [6.07, 6.45) is 0.882. The van der Waals surface area contributed by atoms with Gasteiger partial charge >= 0.3 is 5.97 Å². The van der Waals surface area contributed by atoms with E-state index in [1.165, 1.54) is 0 Å². The number of hydrogen-bond acceptors (Lipinski definition) is 4. The zero-order valence-electron chi connectivity index (χ0n) is 8.40. The number of nitrogens with one attached hydrogen (secondary N) is 1. The SMILES string of the molecule is NCC1(C(=O)NC[C@H](O)C(=O)O)CCC1. The standard InChI is InChI=1S/C9H16N2O4/c10-5-9(2-1-3-9)8(15)11-4-6(12)7(13)14/h6,12H,1-5,10H2,(H,11,15)(H,13,14)/t6-/m0/s1. The van der Waals surface area contributed by atoms with E-state index >= 15 is 0 Å². The molecule has 1 fully saturated rings. The highest BCUT2D eigenvalue weighted by Gasteiger charge is 2.42. The molecule has 5 N–H and O–H groups in total. The van der Waals surface area contributed by atoms with Crippen molar-refractivity contribution in [3.05, 3.63) is 0 Å². The Bertz CT molecular complexity index is 257. The van der Waals surface area contributed by atoms with Crippen LogP contribution in [-0.2, 0) is 9.59 Å². The summed E-state index contributed by atoms with van der Waals surface area (Å²) in [7, 11) is 0. The Labute approximate surface area is 87.5 Å². The van der Waals surface area contributed by atoms with Crippen LogP contribution < -0.4 is 11.1 Å². The van der Waals surface area contributed by atoms with Crippen molar-refractivity contribution in [3.8, 4) is 0 Å². The maximum absolute atomic E-state index is 11.6. The Hall–Kier alpha value is -1.14. The third kappa shape index (κ3) is 2.45. The van der Waals surface area contributed by atoms with Crippen LogP contribution in [0.25, 0.3) is 0 Å². The molecule has 1 aliphatic carbocycles. The molecule has 86 valence electrons. The predicted molar refractivity (Wildman–Crippen MR) is 52.0 cm³/mol. The van der Waals surface area contributed by atoms with Crippen molar-refractivity contribution in [3.63, 3.8) is 0 Å². The number of aliphatic carboxylic acids is 1. The largest absolute Gasteiger partial charge is 0.479 e. The van der Waals surface area contributed by atoms with Gasteiger partial charge in [0.1, 0.15) is 0 Å². The van der Waals surface area contributed by atoms with Crippen molar-refractivity contribution in [1.82, 2.24) is 5.32 Å². The summed E-state index contributed by atoms with van der Waals surface area (Å²) in [5.74, 6) is -1.60. The molecule has 1 rings (SSSR count). The molecule has 0 aromatic rings. The van der Waals surface area contributed by atoms with Gasteiger partial charge in [-0.3, -0.25) is 4.79 Å². The van der Waals surface area contributed by atoms with Crippen LogP contribution in [0.1, 0.15) is 19.3 Å². The van der Waals surface area contributed by atoms with Crippen LogP contribution in [0.15, 0.2) is 0 Å². The second kappa shape index (κ2) is 4.59. The van der Waals surface area contributed by atoms with Crippen molar-refractivity contribution >= 4 is 11.9 Å². The second-order valence-corrected chi connectivity index (χ2v) is 3.90. The maximum atomic E-state index is 11.6. The number of amides is 1. The van der Waals surface area contributed by atoms with E-state index in [4.69, 9.17) is 15.9 Å². The number of nitrogens with two attached hydrogens (primary N) is 1. The first-order valence-corrected chi connectivity index (χ1v) is 4.91. The number of rotatable bonds is 5. The third-order valence-corrected chi connectivity index (χ3v) is 2.92. The van der Waals surface area contributed by atoms with Crippen molar-refractivity contribution in [2.45, 2.75) is 25.4 Å². The van der Waals surface area contributed by atoms with Crippen LogP contribution >= 0.6 is 0 Å². The lowest BCUT2D eigenvalue weighted by atomic mass is 9.68. The lowest BCUT2D eigenvalue weighted by Gasteiger charge is -2.39. The topological polar surface area (TPSA) is 113 Å². The highest BCUT2D eigenvalue weighted by molar-refractivity contribution is 5.84. The third-order valence-electron chi connectivity index (χ3n) is 2.92. The summed E-state index contributed by atoms with van der Waals surface area (Å²) in [6.45, 7) is -0.00207. The number of carboxylic acids is 1. The highest BCUT2D eigenvalue weighted by atomic mass is 16.4. The van der Waals surface area contributed by atoms with Crippen LogP contribution in [0.4, 0.5) is 0 Å². The number of carbonyl (C=O) groups excluding carboxylic acids is 1. The molecule has 1 amide bonds. The fourth-order valence-corrected chi connectivity index (χ4v) is 1.59. The molecular weight excluding hydrogens is 200 g/mol. The van der Waals surface area contributed by atoms with E-state index in [1.807, 2.05) is 0 Å². The molecule has 1 saturated carbocycles. The van der Waals surface area contributed by atoms with Crippen LogP contribution in [0.3, 0.4) is 0 Å². The molecule has 0 saturated heterocycles. The Kier molecular flexibility index (Phi) is 3.65. The van der Waals surface area contributed by atoms with E-state index in [1.54, 1.807) is 0 Å². The predicted octanol–water partition coefficient (Wildman–Crippen LogP) is -1.32. The molecule has 0 aliphatic heterocycles. The first-order valence-electron chi connectivity index (χ1n) is 4.91. The Morgan fingerprint density at radius 2 is 2.07 bits per heavy atom. The Balaban J connectivity index is 2.39. The molecule has 1 aliphatic rings. The van der Waals surface area contributed by atoms with E-state index in [9.17, 15) is 9.59 Å². The number of carboxylic acid groups (broad SMARTS) is 1. The van der Waals surface area contributed by atoms with Gasteiger partial charge in [0.25, 0.3) is 0 Å². The molecule has 0 spiro atoms. The summed E-state index contributed by atoms with van der Waals surface area (Å²) in [5.41, 5.74) is 4.97. The average Bonchev–Trinajstić information content (AvgIpc) is 2.13. The van der Waals surface area contributed by atoms with Crippen molar-refractivity contribution < 1.29 is 19.8 Å². The molecule has 6 heteroatoms. The van der Waals surface area contributed by atoms with E-state index < -0.39 is 17.5 Å². The first-order chi connectivity index (χ1) is 7.02. The summed E-state index contributed by atoms with van der Waals surface area (Å²) >= 11 is 0. The zero-order valence-corrected chi connectivity index (χ0v) is 8.40. The minimum Gasteiger partial charge on any atom is -0.479 e. The van der Waals surface area contributed by atoms with Crippen LogP contribution in [-0.4, -0.2) is 41.3 Å². The maximum Gasteiger partial charge on any atom is 0.334 e. The van der Waals surface area contributed by atoms with E-state index in [2.05, 4.69) is 5.32 Å². The Morgan fingerprint density at radius 3 is 2.40 bits per heavy atom. The number of carbonyl (C=O) groups is 2. The van der Waals surface area contributed by atoms with Gasteiger partial charge in [-0.25, -0.2) is 4.79 Å². The van der Waals surface area contributed by atoms with Crippen molar-refractivity contribution in [2.75, 3.05) is 13.1 Å². The lowest BCUT2D eigenvalue weighted by molar-refractivity contribution is -0.147. The molecule has 0 unspecified atom stereocenters. The van der Waals surface area contributed by atoms with Gasteiger partial charge in [-0.05, 0) is 12.8 Å². The highest BCUT2D eigenvalue weighted by Crippen LogP contribution is 2.39.